The molecular formula is C25H29F3N6O. The van der Waals surface area contributed by atoms with Crippen molar-refractivity contribution in [1.29, 1.82) is 0 Å². The van der Waals surface area contributed by atoms with E-state index in [0.717, 1.165) is 70.2 Å². The van der Waals surface area contributed by atoms with E-state index in [4.69, 9.17) is 4.52 Å². The normalized spacial score (nSPS) is 18.1. The van der Waals surface area contributed by atoms with Gasteiger partial charge in [0.1, 0.15) is 5.82 Å². The SMILES string of the molecule is Cc1ccc(C2(c3noc(CNCCN4CCN(c5ccc(C(F)(F)F)cn5)CC4)n3)CC2)cc1. The zero-order valence-corrected chi connectivity index (χ0v) is 19.7. The molecule has 35 heavy (non-hydrogen) atoms. The highest BCUT2D eigenvalue weighted by Crippen LogP contribution is 2.52. The van der Waals surface area contributed by atoms with Crippen LogP contribution in [-0.4, -0.2) is 59.3 Å². The standard InChI is InChI=1S/C25H29F3N6O/c1-18-2-4-19(5-3-18)24(8-9-24)23-31-22(35-32-23)17-29-10-11-33-12-14-34(15-13-33)21-7-6-20(16-30-21)25(26,27)28/h2-7,16,29H,8-15,17H2,1H3. The summed E-state index contributed by atoms with van der Waals surface area (Å²) in [5.74, 6) is 1.95. The highest BCUT2D eigenvalue weighted by atomic mass is 19.4. The molecule has 0 bridgehead atoms. The average molecular weight is 487 g/mol. The first-order valence-corrected chi connectivity index (χ1v) is 11.9. The van der Waals surface area contributed by atoms with Gasteiger partial charge < -0.3 is 14.7 Å². The Labute approximate surface area is 202 Å². The third-order valence-electron chi connectivity index (χ3n) is 6.90. The van der Waals surface area contributed by atoms with Gasteiger partial charge in [0.25, 0.3) is 0 Å². The van der Waals surface area contributed by atoms with Crippen LogP contribution in [0.1, 0.15) is 41.2 Å². The second-order valence-corrected chi connectivity index (χ2v) is 9.37. The Morgan fingerprint density at radius 1 is 1.03 bits per heavy atom. The lowest BCUT2D eigenvalue weighted by Crippen LogP contribution is -2.48. The molecule has 7 nitrogen and oxygen atoms in total. The molecule has 1 saturated carbocycles. The fourth-order valence-corrected chi connectivity index (χ4v) is 4.53. The van der Waals surface area contributed by atoms with Crippen LogP contribution in [0, 0.1) is 6.92 Å². The molecule has 0 radical (unpaired) electrons. The lowest BCUT2D eigenvalue weighted by Gasteiger charge is -2.35. The number of hydrogen-bond donors (Lipinski definition) is 1. The molecule has 2 aromatic heterocycles. The minimum absolute atomic E-state index is 0.100. The highest BCUT2D eigenvalue weighted by Gasteiger charge is 2.49. The molecule has 0 unspecified atom stereocenters. The van der Waals surface area contributed by atoms with E-state index in [-0.39, 0.29) is 5.41 Å². The number of alkyl halides is 3. The molecule has 0 spiro atoms. The predicted octanol–water partition coefficient (Wildman–Crippen LogP) is 3.78. The van der Waals surface area contributed by atoms with Gasteiger partial charge in [0.05, 0.1) is 17.5 Å². The van der Waals surface area contributed by atoms with E-state index in [9.17, 15) is 13.2 Å². The number of halogens is 3. The molecule has 1 saturated heterocycles. The number of nitrogens with zero attached hydrogens (tertiary/aromatic N) is 5. The highest BCUT2D eigenvalue weighted by molar-refractivity contribution is 5.41. The number of rotatable bonds is 8. The molecule has 1 aliphatic heterocycles. The Hall–Kier alpha value is -2.98. The molecule has 3 aromatic rings. The molecule has 2 aliphatic rings. The maximum atomic E-state index is 12.7. The summed E-state index contributed by atoms with van der Waals surface area (Å²) in [6.07, 6.45) is -1.38. The van der Waals surface area contributed by atoms with Crippen LogP contribution >= 0.6 is 0 Å². The van der Waals surface area contributed by atoms with E-state index in [1.807, 2.05) is 4.90 Å². The van der Waals surface area contributed by atoms with E-state index in [0.29, 0.717) is 18.3 Å². The summed E-state index contributed by atoms with van der Waals surface area (Å²) in [5, 5.41) is 7.64. The number of aryl methyl sites for hydroxylation is 1. The summed E-state index contributed by atoms with van der Waals surface area (Å²) >= 11 is 0. The molecule has 0 amide bonds. The summed E-state index contributed by atoms with van der Waals surface area (Å²) in [6.45, 7) is 7.35. The smallest absolute Gasteiger partial charge is 0.354 e. The molecule has 1 aromatic carbocycles. The number of pyridine rings is 1. The van der Waals surface area contributed by atoms with E-state index >= 15 is 0 Å². The summed E-state index contributed by atoms with van der Waals surface area (Å²) in [7, 11) is 0. The quantitative estimate of drug-likeness (QED) is 0.486. The maximum absolute atomic E-state index is 12.7. The van der Waals surface area contributed by atoms with Gasteiger partial charge in [-0.3, -0.25) is 4.90 Å². The summed E-state index contributed by atoms with van der Waals surface area (Å²) in [4.78, 5) is 13.0. The van der Waals surface area contributed by atoms with Gasteiger partial charge in [-0.2, -0.15) is 18.2 Å². The van der Waals surface area contributed by atoms with Crippen molar-refractivity contribution in [3.8, 4) is 0 Å². The molecule has 2 fully saturated rings. The topological polar surface area (TPSA) is 70.3 Å². The Morgan fingerprint density at radius 3 is 2.40 bits per heavy atom. The van der Waals surface area contributed by atoms with Crippen LogP contribution in [0.25, 0.3) is 0 Å². The van der Waals surface area contributed by atoms with Crippen molar-refractivity contribution < 1.29 is 17.7 Å². The second-order valence-electron chi connectivity index (χ2n) is 9.37. The maximum Gasteiger partial charge on any atom is 0.417 e. The van der Waals surface area contributed by atoms with Gasteiger partial charge in [0, 0.05) is 45.5 Å². The van der Waals surface area contributed by atoms with Crippen LogP contribution in [0.4, 0.5) is 19.0 Å². The van der Waals surface area contributed by atoms with Crippen LogP contribution < -0.4 is 10.2 Å². The molecule has 3 heterocycles. The van der Waals surface area contributed by atoms with Gasteiger partial charge >= 0.3 is 6.18 Å². The number of piperazine rings is 1. The molecule has 0 atom stereocenters. The van der Waals surface area contributed by atoms with Crippen LogP contribution in [0.15, 0.2) is 47.1 Å². The van der Waals surface area contributed by atoms with Crippen molar-refractivity contribution in [1.82, 2.24) is 25.3 Å². The average Bonchev–Trinajstić information content (AvgIpc) is 3.53. The first-order chi connectivity index (χ1) is 16.8. The van der Waals surface area contributed by atoms with Gasteiger partial charge in [-0.05, 0) is 37.5 Å². The number of aromatic nitrogens is 3. The number of nitrogens with one attached hydrogen (secondary N) is 1. The van der Waals surface area contributed by atoms with Crippen LogP contribution in [-0.2, 0) is 18.1 Å². The molecule has 10 heteroatoms. The van der Waals surface area contributed by atoms with Crippen molar-refractivity contribution in [2.24, 2.45) is 0 Å². The van der Waals surface area contributed by atoms with Gasteiger partial charge in [-0.15, -0.1) is 0 Å². The van der Waals surface area contributed by atoms with E-state index < -0.39 is 11.7 Å². The lowest BCUT2D eigenvalue weighted by molar-refractivity contribution is -0.137. The van der Waals surface area contributed by atoms with E-state index in [2.05, 4.69) is 56.5 Å². The fourth-order valence-electron chi connectivity index (χ4n) is 4.53. The molecule has 1 N–H and O–H groups in total. The summed E-state index contributed by atoms with van der Waals surface area (Å²) < 4.78 is 43.7. The molecule has 1 aliphatic carbocycles. The predicted molar refractivity (Wildman–Crippen MR) is 125 cm³/mol. The Kier molecular flexibility index (Phi) is 6.50. The summed E-state index contributed by atoms with van der Waals surface area (Å²) in [5.41, 5.74) is 1.66. The molecule has 5 rings (SSSR count). The third kappa shape index (κ3) is 5.33. The molecular weight excluding hydrogens is 457 g/mol. The van der Waals surface area contributed by atoms with Crippen molar-refractivity contribution in [2.75, 3.05) is 44.2 Å². The van der Waals surface area contributed by atoms with Crippen LogP contribution in [0.5, 0.6) is 0 Å². The van der Waals surface area contributed by atoms with Gasteiger partial charge in [0.2, 0.25) is 5.89 Å². The monoisotopic (exact) mass is 486 g/mol. The lowest BCUT2D eigenvalue weighted by atomic mass is 9.94. The van der Waals surface area contributed by atoms with Gasteiger partial charge in [-0.1, -0.05) is 35.0 Å². The minimum Gasteiger partial charge on any atom is -0.354 e. The second kappa shape index (κ2) is 9.58. The van der Waals surface area contributed by atoms with Crippen LogP contribution in [0.2, 0.25) is 0 Å². The summed E-state index contributed by atoms with van der Waals surface area (Å²) in [6, 6.07) is 11.1. The van der Waals surface area contributed by atoms with E-state index in [1.54, 1.807) is 0 Å². The number of benzene rings is 1. The Morgan fingerprint density at radius 2 is 1.77 bits per heavy atom. The minimum atomic E-state index is -4.36. The third-order valence-corrected chi connectivity index (χ3v) is 6.90. The van der Waals surface area contributed by atoms with E-state index in [1.165, 1.54) is 17.2 Å². The Bertz CT molecular complexity index is 1120. The van der Waals surface area contributed by atoms with Crippen LogP contribution in [0.3, 0.4) is 0 Å². The number of hydrogen-bond acceptors (Lipinski definition) is 7. The van der Waals surface area contributed by atoms with Crippen molar-refractivity contribution in [3.05, 3.63) is 71.0 Å². The zero-order valence-electron chi connectivity index (χ0n) is 19.7. The van der Waals surface area contributed by atoms with Crippen molar-refractivity contribution in [2.45, 2.75) is 37.9 Å². The van der Waals surface area contributed by atoms with Crippen molar-refractivity contribution >= 4 is 5.82 Å². The van der Waals surface area contributed by atoms with Crippen molar-refractivity contribution in [3.63, 3.8) is 0 Å². The largest absolute Gasteiger partial charge is 0.417 e. The first kappa shape index (κ1) is 23.7. The Balaban J connectivity index is 1.05. The first-order valence-electron chi connectivity index (χ1n) is 11.9. The number of anilines is 1. The molecule has 186 valence electrons. The van der Waals surface area contributed by atoms with Gasteiger partial charge in [0.15, 0.2) is 5.82 Å². The zero-order chi connectivity index (χ0) is 24.5. The fraction of sp³-hybridized carbons (Fsp3) is 0.480. The van der Waals surface area contributed by atoms with Gasteiger partial charge in [-0.25, -0.2) is 4.98 Å².